The second kappa shape index (κ2) is 7.15. The summed E-state index contributed by atoms with van der Waals surface area (Å²) in [5, 5.41) is 2.82. The van der Waals surface area contributed by atoms with Crippen molar-refractivity contribution in [2.24, 2.45) is 5.92 Å². The van der Waals surface area contributed by atoms with Gasteiger partial charge in [0.05, 0.1) is 0 Å². The number of amides is 2. The number of fused-ring (bicyclic) bond motifs is 1. The minimum absolute atomic E-state index is 0.0195. The van der Waals surface area contributed by atoms with Crippen LogP contribution in [0, 0.1) is 5.92 Å². The fraction of sp³-hybridized carbons (Fsp3) is 0.500. The molecule has 0 aromatic heterocycles. The highest BCUT2D eigenvalue weighted by Gasteiger charge is 2.16. The molecule has 1 heterocycles. The van der Waals surface area contributed by atoms with E-state index in [4.69, 9.17) is 9.47 Å². The Morgan fingerprint density at radius 1 is 1.27 bits per heavy atom. The predicted octanol–water partition coefficient (Wildman–Crippen LogP) is 1.65. The number of ether oxygens (including phenoxy) is 2. The molecule has 1 aliphatic rings. The van der Waals surface area contributed by atoms with Gasteiger partial charge in [0.2, 0.25) is 12.7 Å². The lowest BCUT2D eigenvalue weighted by molar-refractivity contribution is -0.129. The normalized spacial score (nSPS) is 12.4. The van der Waals surface area contributed by atoms with Crippen molar-refractivity contribution in [3.63, 3.8) is 0 Å². The zero-order valence-electron chi connectivity index (χ0n) is 13.2. The Hall–Kier alpha value is -2.24. The van der Waals surface area contributed by atoms with Gasteiger partial charge in [-0.1, -0.05) is 13.8 Å². The Morgan fingerprint density at radius 3 is 2.68 bits per heavy atom. The fourth-order valence-corrected chi connectivity index (χ4v) is 2.26. The van der Waals surface area contributed by atoms with Crippen LogP contribution in [0.4, 0.5) is 0 Å². The number of hydrogen-bond acceptors (Lipinski definition) is 4. The molecule has 1 aliphatic heterocycles. The van der Waals surface area contributed by atoms with E-state index in [0.717, 1.165) is 0 Å². The lowest BCUT2D eigenvalue weighted by atomic mass is 10.2. The van der Waals surface area contributed by atoms with E-state index in [0.29, 0.717) is 42.6 Å². The van der Waals surface area contributed by atoms with Crippen LogP contribution in [-0.2, 0) is 4.79 Å². The molecule has 0 unspecified atom stereocenters. The van der Waals surface area contributed by atoms with E-state index in [1.807, 2.05) is 0 Å². The van der Waals surface area contributed by atoms with Gasteiger partial charge >= 0.3 is 0 Å². The molecule has 0 saturated heterocycles. The van der Waals surface area contributed by atoms with Gasteiger partial charge in [0.1, 0.15) is 0 Å². The molecule has 0 atom stereocenters. The van der Waals surface area contributed by atoms with Crippen LogP contribution in [0.5, 0.6) is 11.5 Å². The van der Waals surface area contributed by atoms with E-state index in [1.54, 1.807) is 30.0 Å². The number of nitrogens with one attached hydrogen (secondary N) is 1. The van der Waals surface area contributed by atoms with Gasteiger partial charge in [-0.25, -0.2) is 0 Å². The standard InChI is InChI=1S/C16H22N2O4/c1-11(2)9-18(12(3)19)7-6-17-16(20)13-4-5-14-15(8-13)22-10-21-14/h4-5,8,11H,6-7,9-10H2,1-3H3,(H,17,20). The maximum atomic E-state index is 12.1. The van der Waals surface area contributed by atoms with Crippen LogP contribution in [0.15, 0.2) is 18.2 Å². The van der Waals surface area contributed by atoms with Gasteiger partial charge in [0, 0.05) is 32.1 Å². The monoisotopic (exact) mass is 306 g/mol. The molecule has 0 saturated carbocycles. The molecule has 6 heteroatoms. The Balaban J connectivity index is 1.86. The summed E-state index contributed by atoms with van der Waals surface area (Å²) in [4.78, 5) is 25.4. The average Bonchev–Trinajstić information content (AvgIpc) is 2.92. The molecule has 1 aromatic carbocycles. The Morgan fingerprint density at radius 2 is 2.00 bits per heavy atom. The summed E-state index contributed by atoms with van der Waals surface area (Å²) in [5.74, 6) is 1.46. The number of nitrogens with zero attached hydrogens (tertiary/aromatic N) is 1. The van der Waals surface area contributed by atoms with Crippen LogP contribution in [0.2, 0.25) is 0 Å². The lowest BCUT2D eigenvalue weighted by Gasteiger charge is -2.23. The van der Waals surface area contributed by atoms with E-state index in [9.17, 15) is 9.59 Å². The van der Waals surface area contributed by atoms with Crippen molar-refractivity contribution in [3.05, 3.63) is 23.8 Å². The minimum atomic E-state index is -0.189. The largest absolute Gasteiger partial charge is 0.454 e. The first kappa shape index (κ1) is 16.1. The molecule has 2 amide bonds. The van der Waals surface area contributed by atoms with Crippen molar-refractivity contribution in [1.29, 1.82) is 0 Å². The smallest absolute Gasteiger partial charge is 0.251 e. The molecule has 22 heavy (non-hydrogen) atoms. The van der Waals surface area contributed by atoms with Gasteiger partial charge in [0.15, 0.2) is 11.5 Å². The maximum absolute atomic E-state index is 12.1. The molecule has 0 aliphatic carbocycles. The summed E-state index contributed by atoms with van der Waals surface area (Å²) >= 11 is 0. The highest BCUT2D eigenvalue weighted by atomic mass is 16.7. The molecule has 0 bridgehead atoms. The van der Waals surface area contributed by atoms with E-state index in [-0.39, 0.29) is 18.6 Å². The molecular formula is C16H22N2O4. The van der Waals surface area contributed by atoms with Crippen LogP contribution in [0.25, 0.3) is 0 Å². The van der Waals surface area contributed by atoms with Gasteiger partial charge in [-0.05, 0) is 24.1 Å². The summed E-state index contributed by atoms with van der Waals surface area (Å²) in [6.07, 6.45) is 0. The first-order valence-electron chi connectivity index (χ1n) is 7.40. The van der Waals surface area contributed by atoms with Crippen molar-refractivity contribution in [1.82, 2.24) is 10.2 Å². The third-order valence-electron chi connectivity index (χ3n) is 3.33. The topological polar surface area (TPSA) is 67.9 Å². The second-order valence-electron chi connectivity index (χ2n) is 5.68. The highest BCUT2D eigenvalue weighted by molar-refractivity contribution is 5.94. The van der Waals surface area contributed by atoms with Crippen molar-refractivity contribution in [3.8, 4) is 11.5 Å². The molecule has 120 valence electrons. The van der Waals surface area contributed by atoms with Gasteiger partial charge in [-0.2, -0.15) is 0 Å². The van der Waals surface area contributed by atoms with Crippen molar-refractivity contribution in [2.75, 3.05) is 26.4 Å². The molecule has 0 spiro atoms. The van der Waals surface area contributed by atoms with Crippen molar-refractivity contribution >= 4 is 11.8 Å². The quantitative estimate of drug-likeness (QED) is 0.868. The van der Waals surface area contributed by atoms with Crippen LogP contribution in [-0.4, -0.2) is 43.1 Å². The van der Waals surface area contributed by atoms with Crippen molar-refractivity contribution in [2.45, 2.75) is 20.8 Å². The van der Waals surface area contributed by atoms with Crippen LogP contribution in [0.3, 0.4) is 0 Å². The number of carbonyl (C=O) groups is 2. The zero-order valence-corrected chi connectivity index (χ0v) is 13.2. The summed E-state index contributed by atoms with van der Waals surface area (Å²) in [7, 11) is 0. The average molecular weight is 306 g/mol. The third-order valence-corrected chi connectivity index (χ3v) is 3.33. The first-order chi connectivity index (χ1) is 10.5. The van der Waals surface area contributed by atoms with Gasteiger partial charge in [0.25, 0.3) is 5.91 Å². The Labute approximate surface area is 130 Å². The summed E-state index contributed by atoms with van der Waals surface area (Å²) < 4.78 is 10.5. The summed E-state index contributed by atoms with van der Waals surface area (Å²) in [6, 6.07) is 5.08. The second-order valence-corrected chi connectivity index (χ2v) is 5.68. The van der Waals surface area contributed by atoms with Crippen LogP contribution < -0.4 is 14.8 Å². The van der Waals surface area contributed by atoms with Crippen LogP contribution in [0.1, 0.15) is 31.1 Å². The molecule has 1 aromatic rings. The highest BCUT2D eigenvalue weighted by Crippen LogP contribution is 2.32. The predicted molar refractivity (Wildman–Crippen MR) is 82.0 cm³/mol. The third kappa shape index (κ3) is 4.13. The number of hydrogen-bond donors (Lipinski definition) is 1. The van der Waals surface area contributed by atoms with E-state index < -0.39 is 0 Å². The van der Waals surface area contributed by atoms with Gasteiger partial charge in [-0.15, -0.1) is 0 Å². The van der Waals surface area contributed by atoms with Crippen molar-refractivity contribution < 1.29 is 19.1 Å². The SMILES string of the molecule is CC(=O)N(CCNC(=O)c1ccc2c(c1)OCO2)CC(C)C. The molecule has 0 fully saturated rings. The van der Waals surface area contributed by atoms with E-state index in [2.05, 4.69) is 19.2 Å². The van der Waals surface area contributed by atoms with E-state index in [1.165, 1.54) is 0 Å². The van der Waals surface area contributed by atoms with Gasteiger partial charge < -0.3 is 19.7 Å². The van der Waals surface area contributed by atoms with Crippen LogP contribution >= 0.6 is 0 Å². The fourth-order valence-electron chi connectivity index (χ4n) is 2.26. The molecule has 0 radical (unpaired) electrons. The Kier molecular flexibility index (Phi) is 5.25. The lowest BCUT2D eigenvalue weighted by Crippen LogP contribution is -2.39. The Bertz CT molecular complexity index is 557. The minimum Gasteiger partial charge on any atom is -0.454 e. The molecule has 6 nitrogen and oxygen atoms in total. The molecule has 2 rings (SSSR count). The van der Waals surface area contributed by atoms with E-state index >= 15 is 0 Å². The molecular weight excluding hydrogens is 284 g/mol. The maximum Gasteiger partial charge on any atom is 0.251 e. The number of carbonyl (C=O) groups excluding carboxylic acids is 2. The number of rotatable bonds is 6. The van der Waals surface area contributed by atoms with Gasteiger partial charge in [-0.3, -0.25) is 9.59 Å². The summed E-state index contributed by atoms with van der Waals surface area (Å²) in [5.41, 5.74) is 0.516. The summed E-state index contributed by atoms with van der Waals surface area (Å²) in [6.45, 7) is 7.45. The number of benzene rings is 1. The molecule has 1 N–H and O–H groups in total. The first-order valence-corrected chi connectivity index (χ1v) is 7.40. The zero-order chi connectivity index (χ0) is 16.1.